The number of nitrogens with one attached hydrogen (secondary N) is 3. The predicted octanol–water partition coefficient (Wildman–Crippen LogP) is 3.51. The van der Waals surface area contributed by atoms with Crippen LogP contribution in [0.25, 0.3) is 33.0 Å². The number of likely N-dealkylation sites (tertiary alicyclic amines) is 1. The van der Waals surface area contributed by atoms with Gasteiger partial charge in [0.05, 0.1) is 5.56 Å². The highest BCUT2D eigenvalue weighted by Crippen LogP contribution is 2.24. The SMILES string of the molecule is O=C(Cn1c(=O)c(-c2cnc(-c3nccs3)nc2)cc2cnc(Nc3ccc(NC4CCNC4)cc3)nc21)N1CCCC1. The molecule has 1 atom stereocenters. The highest BCUT2D eigenvalue weighted by Gasteiger charge is 2.22. The molecule has 0 radical (unpaired) electrons. The second kappa shape index (κ2) is 11.9. The van der Waals surface area contributed by atoms with Gasteiger partial charge in [-0.1, -0.05) is 0 Å². The molecule has 0 aliphatic carbocycles. The van der Waals surface area contributed by atoms with E-state index < -0.39 is 0 Å². The minimum atomic E-state index is -0.341. The molecule has 0 bridgehead atoms. The van der Waals surface area contributed by atoms with Crippen LogP contribution in [0.15, 0.2) is 65.3 Å². The van der Waals surface area contributed by atoms with E-state index in [4.69, 9.17) is 4.98 Å². The molecule has 1 aromatic carbocycles. The fourth-order valence-electron chi connectivity index (χ4n) is 5.48. The summed E-state index contributed by atoms with van der Waals surface area (Å²) in [4.78, 5) is 51.3. The van der Waals surface area contributed by atoms with Gasteiger partial charge in [-0.2, -0.15) is 4.98 Å². The van der Waals surface area contributed by atoms with Crippen molar-refractivity contribution in [1.82, 2.24) is 39.7 Å². The Kier molecular flexibility index (Phi) is 7.47. The number of amides is 1. The van der Waals surface area contributed by atoms with Crippen molar-refractivity contribution < 1.29 is 4.79 Å². The molecule has 12 nitrogen and oxygen atoms in total. The molecule has 0 spiro atoms. The third-order valence-electron chi connectivity index (χ3n) is 7.74. The summed E-state index contributed by atoms with van der Waals surface area (Å²) in [5.74, 6) is 0.712. The molecule has 43 heavy (non-hydrogen) atoms. The molecule has 2 aliphatic rings. The lowest BCUT2D eigenvalue weighted by molar-refractivity contribution is -0.130. The lowest BCUT2D eigenvalue weighted by Crippen LogP contribution is -2.35. The molecular weight excluding hydrogens is 564 g/mol. The Morgan fingerprint density at radius 2 is 1.81 bits per heavy atom. The number of thiazole rings is 1. The van der Waals surface area contributed by atoms with Crippen molar-refractivity contribution in [3.63, 3.8) is 0 Å². The van der Waals surface area contributed by atoms with E-state index in [1.54, 1.807) is 35.8 Å². The van der Waals surface area contributed by atoms with Crippen LogP contribution in [0.3, 0.4) is 0 Å². The minimum Gasteiger partial charge on any atom is -0.381 e. The number of nitrogens with zero attached hydrogens (tertiary/aromatic N) is 7. The number of fused-ring (bicyclic) bond motifs is 1. The van der Waals surface area contributed by atoms with Crippen LogP contribution in [-0.2, 0) is 11.3 Å². The molecule has 4 aromatic heterocycles. The predicted molar refractivity (Wildman–Crippen MR) is 166 cm³/mol. The summed E-state index contributed by atoms with van der Waals surface area (Å²) in [6.07, 6.45) is 9.60. The van der Waals surface area contributed by atoms with E-state index in [0.717, 1.165) is 43.7 Å². The van der Waals surface area contributed by atoms with E-state index in [1.165, 1.54) is 15.9 Å². The maximum absolute atomic E-state index is 13.9. The summed E-state index contributed by atoms with van der Waals surface area (Å²) in [6.45, 7) is 3.26. The summed E-state index contributed by atoms with van der Waals surface area (Å²) < 4.78 is 1.44. The van der Waals surface area contributed by atoms with Crippen molar-refractivity contribution in [3.8, 4) is 22.0 Å². The first-order valence-corrected chi connectivity index (χ1v) is 15.2. The third kappa shape index (κ3) is 5.81. The summed E-state index contributed by atoms with van der Waals surface area (Å²) in [5, 5.41) is 13.3. The Balaban J connectivity index is 1.21. The van der Waals surface area contributed by atoms with Gasteiger partial charge >= 0.3 is 0 Å². The monoisotopic (exact) mass is 594 g/mol. The normalized spacial score (nSPS) is 16.6. The molecule has 2 fully saturated rings. The van der Waals surface area contributed by atoms with Crippen molar-refractivity contribution in [1.29, 1.82) is 0 Å². The highest BCUT2D eigenvalue weighted by atomic mass is 32.1. The number of anilines is 3. The standard InChI is InChI=1S/C30H30N10O2S/c41-25(39-10-1-2-11-39)18-40-27-19(13-24(29(40)42)20-15-33-26(34-16-20)28-32-9-12-43-28)14-35-30(38-27)37-22-5-3-21(4-6-22)36-23-7-8-31-17-23/h3-6,9,12-16,23,31,36H,1-2,7-8,10-11,17-18H2,(H,35,37,38). The Morgan fingerprint density at radius 1 is 1.02 bits per heavy atom. The molecule has 218 valence electrons. The van der Waals surface area contributed by atoms with E-state index in [9.17, 15) is 9.59 Å². The van der Waals surface area contributed by atoms with E-state index in [-0.39, 0.29) is 18.0 Å². The van der Waals surface area contributed by atoms with Gasteiger partial charge in [-0.3, -0.25) is 14.2 Å². The molecule has 6 heterocycles. The number of pyridine rings is 1. The summed E-state index contributed by atoms with van der Waals surface area (Å²) >= 11 is 1.44. The van der Waals surface area contributed by atoms with E-state index >= 15 is 0 Å². The Bertz CT molecular complexity index is 1790. The zero-order chi connectivity index (χ0) is 29.2. The lowest BCUT2D eigenvalue weighted by atomic mass is 10.1. The third-order valence-corrected chi connectivity index (χ3v) is 8.51. The van der Waals surface area contributed by atoms with Crippen LogP contribution in [-0.4, -0.2) is 72.5 Å². The fraction of sp³-hybridized carbons (Fsp3) is 0.300. The van der Waals surface area contributed by atoms with Crippen molar-refractivity contribution in [2.75, 3.05) is 36.8 Å². The molecule has 3 N–H and O–H groups in total. The molecule has 2 aliphatic heterocycles. The average molecular weight is 595 g/mol. The molecule has 1 unspecified atom stereocenters. The summed E-state index contributed by atoms with van der Waals surface area (Å²) in [6, 6.07) is 10.1. The van der Waals surface area contributed by atoms with Gasteiger partial charge in [0.1, 0.15) is 12.2 Å². The smallest absolute Gasteiger partial charge is 0.260 e. The van der Waals surface area contributed by atoms with Gasteiger partial charge in [0.15, 0.2) is 10.8 Å². The molecule has 0 saturated carbocycles. The molecule has 5 aromatic rings. The second-order valence-corrected chi connectivity index (χ2v) is 11.6. The van der Waals surface area contributed by atoms with Crippen molar-refractivity contribution in [2.24, 2.45) is 0 Å². The van der Waals surface area contributed by atoms with Crippen LogP contribution in [0.4, 0.5) is 17.3 Å². The van der Waals surface area contributed by atoms with Gasteiger partial charge in [-0.25, -0.2) is 19.9 Å². The zero-order valence-corrected chi connectivity index (χ0v) is 24.2. The van der Waals surface area contributed by atoms with Crippen LogP contribution in [0.5, 0.6) is 0 Å². The van der Waals surface area contributed by atoms with Crippen LogP contribution in [0.1, 0.15) is 19.3 Å². The van der Waals surface area contributed by atoms with E-state index in [1.807, 2.05) is 29.6 Å². The van der Waals surface area contributed by atoms with Crippen LogP contribution >= 0.6 is 11.3 Å². The fourth-order valence-corrected chi connectivity index (χ4v) is 6.06. The van der Waals surface area contributed by atoms with E-state index in [0.29, 0.717) is 58.1 Å². The number of carbonyl (C=O) groups excluding carboxylic acids is 1. The lowest BCUT2D eigenvalue weighted by Gasteiger charge is -2.18. The van der Waals surface area contributed by atoms with E-state index in [2.05, 4.69) is 35.9 Å². The Labute approximate surface area is 251 Å². The second-order valence-electron chi connectivity index (χ2n) is 10.7. The summed E-state index contributed by atoms with van der Waals surface area (Å²) in [7, 11) is 0. The maximum atomic E-state index is 13.9. The molecule has 7 rings (SSSR count). The first kappa shape index (κ1) is 27.1. The first-order chi connectivity index (χ1) is 21.1. The van der Waals surface area contributed by atoms with Crippen molar-refractivity contribution in [3.05, 3.63) is 70.9 Å². The average Bonchev–Trinajstić information content (AvgIpc) is 3.84. The minimum absolute atomic E-state index is 0.109. The number of hydrogen-bond acceptors (Lipinski definition) is 11. The zero-order valence-electron chi connectivity index (χ0n) is 23.4. The van der Waals surface area contributed by atoms with Gasteiger partial charge in [0, 0.05) is 78.2 Å². The maximum Gasteiger partial charge on any atom is 0.260 e. The topological polar surface area (TPSA) is 143 Å². The quantitative estimate of drug-likeness (QED) is 0.244. The molecule has 1 amide bonds. The van der Waals surface area contributed by atoms with Crippen LogP contribution in [0.2, 0.25) is 0 Å². The van der Waals surface area contributed by atoms with Gasteiger partial charge in [-0.05, 0) is 56.1 Å². The van der Waals surface area contributed by atoms with Gasteiger partial charge in [0.25, 0.3) is 5.56 Å². The van der Waals surface area contributed by atoms with Gasteiger partial charge in [-0.15, -0.1) is 11.3 Å². The van der Waals surface area contributed by atoms with Gasteiger partial charge in [0.2, 0.25) is 11.9 Å². The number of hydrogen-bond donors (Lipinski definition) is 3. The highest BCUT2D eigenvalue weighted by molar-refractivity contribution is 7.13. The Morgan fingerprint density at radius 3 is 2.53 bits per heavy atom. The molecular formula is C30H30N10O2S. The van der Waals surface area contributed by atoms with Crippen LogP contribution in [0, 0.1) is 0 Å². The van der Waals surface area contributed by atoms with Crippen molar-refractivity contribution >= 4 is 45.6 Å². The van der Waals surface area contributed by atoms with Gasteiger partial charge < -0.3 is 20.9 Å². The molecule has 2 saturated heterocycles. The summed E-state index contributed by atoms with van der Waals surface area (Å²) in [5.41, 5.74) is 2.81. The number of carbonyl (C=O) groups is 1. The molecule has 13 heteroatoms. The van der Waals surface area contributed by atoms with Crippen LogP contribution < -0.4 is 21.5 Å². The largest absolute Gasteiger partial charge is 0.381 e. The number of benzene rings is 1. The number of rotatable bonds is 8. The van der Waals surface area contributed by atoms with Crippen molar-refractivity contribution in [2.45, 2.75) is 31.8 Å². The number of aromatic nitrogens is 6. The first-order valence-electron chi connectivity index (χ1n) is 14.4. The Hall–Kier alpha value is -4.75.